The van der Waals surface area contributed by atoms with Crippen molar-refractivity contribution in [2.24, 2.45) is 7.05 Å². The molecule has 23 heavy (non-hydrogen) atoms. The average Bonchev–Trinajstić information content (AvgIpc) is 2.93. The van der Waals surface area contributed by atoms with Crippen LogP contribution >= 0.6 is 0 Å². The molecule has 1 aromatic carbocycles. The molecule has 2 aromatic rings. The summed E-state index contributed by atoms with van der Waals surface area (Å²) < 4.78 is 39.7. The van der Waals surface area contributed by atoms with Gasteiger partial charge in [0.25, 0.3) is 0 Å². The molecule has 0 amide bonds. The molecule has 6 heteroatoms. The Kier molecular flexibility index (Phi) is 3.75. The third kappa shape index (κ3) is 3.16. The zero-order chi connectivity index (χ0) is 16.6. The van der Waals surface area contributed by atoms with Crippen LogP contribution in [0.3, 0.4) is 0 Å². The number of hydrogen-bond donors (Lipinski definition) is 0. The van der Waals surface area contributed by atoms with Gasteiger partial charge in [-0.25, -0.2) is 0 Å². The van der Waals surface area contributed by atoms with Crippen LogP contribution < -0.4 is 4.90 Å². The van der Waals surface area contributed by atoms with Gasteiger partial charge in [-0.05, 0) is 36.8 Å². The van der Waals surface area contributed by atoms with E-state index >= 15 is 0 Å². The van der Waals surface area contributed by atoms with E-state index in [1.54, 1.807) is 10.9 Å². The number of nitrogens with zero attached hydrogens (tertiary/aromatic N) is 3. The van der Waals surface area contributed by atoms with E-state index in [2.05, 4.69) is 11.2 Å². The van der Waals surface area contributed by atoms with Crippen molar-refractivity contribution in [2.75, 3.05) is 11.4 Å². The maximum atomic E-state index is 12.7. The molecule has 0 aliphatic carbocycles. The fourth-order valence-electron chi connectivity index (χ4n) is 2.54. The summed E-state index contributed by atoms with van der Waals surface area (Å²) in [7, 11) is 1.85. The Morgan fingerprint density at radius 2 is 1.83 bits per heavy atom. The molecule has 3 nitrogen and oxygen atoms in total. The highest BCUT2D eigenvalue weighted by atomic mass is 19.4. The summed E-state index contributed by atoms with van der Waals surface area (Å²) in [5, 5.41) is 4.17. The zero-order valence-electron chi connectivity index (χ0n) is 12.8. The summed E-state index contributed by atoms with van der Waals surface area (Å²) in [5.41, 5.74) is 3.22. The van der Waals surface area contributed by atoms with E-state index < -0.39 is 11.7 Å². The van der Waals surface area contributed by atoms with E-state index in [-0.39, 0.29) is 0 Å². The van der Waals surface area contributed by atoms with Gasteiger partial charge in [0.15, 0.2) is 0 Å². The molecule has 0 N–H and O–H groups in total. The van der Waals surface area contributed by atoms with Gasteiger partial charge in [0.2, 0.25) is 0 Å². The first-order chi connectivity index (χ1) is 10.8. The standard InChI is InChI=1S/C17H16F3N3/c1-12-7-8-23(11-16(12)13-9-21-22(2)10-13)15-5-3-14(4-6-15)17(18,19)20/h3-7,9-11H,8H2,1-2H3. The summed E-state index contributed by atoms with van der Waals surface area (Å²) in [6.45, 7) is 2.64. The molecular formula is C17H16F3N3. The molecular weight excluding hydrogens is 303 g/mol. The predicted molar refractivity (Wildman–Crippen MR) is 83.7 cm³/mol. The van der Waals surface area contributed by atoms with Crippen LogP contribution in [0.2, 0.25) is 0 Å². The van der Waals surface area contributed by atoms with Gasteiger partial charge < -0.3 is 4.90 Å². The van der Waals surface area contributed by atoms with Crippen molar-refractivity contribution in [3.8, 4) is 0 Å². The van der Waals surface area contributed by atoms with Gasteiger partial charge in [-0.1, -0.05) is 6.08 Å². The van der Waals surface area contributed by atoms with Crippen LogP contribution in [0.5, 0.6) is 0 Å². The van der Waals surface area contributed by atoms with E-state index in [0.29, 0.717) is 6.54 Å². The number of aromatic nitrogens is 2. The summed E-state index contributed by atoms with van der Waals surface area (Å²) in [6, 6.07) is 5.21. The highest BCUT2D eigenvalue weighted by Crippen LogP contribution is 2.32. The highest BCUT2D eigenvalue weighted by Gasteiger charge is 2.30. The molecule has 0 saturated carbocycles. The van der Waals surface area contributed by atoms with Gasteiger partial charge in [0, 0.05) is 42.8 Å². The number of aryl methyl sites for hydroxylation is 1. The molecule has 2 heterocycles. The monoisotopic (exact) mass is 319 g/mol. The van der Waals surface area contributed by atoms with Crippen LogP contribution in [0.4, 0.5) is 18.9 Å². The van der Waals surface area contributed by atoms with E-state index in [1.807, 2.05) is 31.3 Å². The Balaban J connectivity index is 1.90. The van der Waals surface area contributed by atoms with Gasteiger partial charge in [-0.2, -0.15) is 18.3 Å². The lowest BCUT2D eigenvalue weighted by Gasteiger charge is -2.25. The largest absolute Gasteiger partial charge is 0.416 e. The topological polar surface area (TPSA) is 21.1 Å². The first-order valence-corrected chi connectivity index (χ1v) is 7.16. The zero-order valence-corrected chi connectivity index (χ0v) is 12.8. The van der Waals surface area contributed by atoms with Crippen molar-refractivity contribution < 1.29 is 13.2 Å². The number of allylic oxidation sites excluding steroid dienone is 2. The van der Waals surface area contributed by atoms with Gasteiger partial charge in [-0.15, -0.1) is 0 Å². The Morgan fingerprint density at radius 1 is 1.13 bits per heavy atom. The number of alkyl halides is 3. The number of anilines is 1. The predicted octanol–water partition coefficient (Wildman–Crippen LogP) is 4.25. The molecule has 120 valence electrons. The van der Waals surface area contributed by atoms with Gasteiger partial charge >= 0.3 is 6.18 Å². The van der Waals surface area contributed by atoms with Crippen LogP contribution in [0.15, 0.2) is 54.5 Å². The lowest BCUT2D eigenvalue weighted by Crippen LogP contribution is -2.20. The molecule has 0 fully saturated rings. The number of halogens is 3. The third-order valence-electron chi connectivity index (χ3n) is 3.85. The molecule has 0 bridgehead atoms. The quantitative estimate of drug-likeness (QED) is 0.825. The lowest BCUT2D eigenvalue weighted by atomic mass is 10.00. The fourth-order valence-corrected chi connectivity index (χ4v) is 2.54. The second kappa shape index (κ2) is 5.61. The van der Waals surface area contributed by atoms with Gasteiger partial charge in [0.1, 0.15) is 0 Å². The Hall–Kier alpha value is -2.50. The molecule has 0 spiro atoms. The molecule has 3 rings (SSSR count). The number of benzene rings is 1. The Bertz CT molecular complexity index is 767. The fraction of sp³-hybridized carbons (Fsp3) is 0.235. The molecule has 0 radical (unpaired) electrons. The van der Waals surface area contributed by atoms with Crippen LogP contribution in [-0.4, -0.2) is 16.3 Å². The Morgan fingerprint density at radius 3 is 2.39 bits per heavy atom. The lowest BCUT2D eigenvalue weighted by molar-refractivity contribution is -0.137. The third-order valence-corrected chi connectivity index (χ3v) is 3.85. The molecule has 1 aliphatic heterocycles. The minimum absolute atomic E-state index is 0.626. The van der Waals surface area contributed by atoms with E-state index in [4.69, 9.17) is 0 Å². The van der Waals surface area contributed by atoms with E-state index in [9.17, 15) is 13.2 Å². The minimum Gasteiger partial charge on any atom is -0.344 e. The van der Waals surface area contributed by atoms with Crippen LogP contribution in [-0.2, 0) is 13.2 Å². The van der Waals surface area contributed by atoms with Crippen molar-refractivity contribution in [3.05, 3.63) is 65.6 Å². The van der Waals surface area contributed by atoms with Gasteiger partial charge in [-0.3, -0.25) is 4.68 Å². The van der Waals surface area contributed by atoms with Crippen molar-refractivity contribution in [1.29, 1.82) is 0 Å². The normalized spacial score (nSPS) is 15.4. The summed E-state index contributed by atoms with van der Waals surface area (Å²) in [4.78, 5) is 1.93. The van der Waals surface area contributed by atoms with Gasteiger partial charge in [0.05, 0.1) is 11.8 Å². The second-order valence-electron chi connectivity index (χ2n) is 5.53. The molecule has 0 unspecified atom stereocenters. The second-order valence-corrected chi connectivity index (χ2v) is 5.53. The highest BCUT2D eigenvalue weighted by molar-refractivity contribution is 5.81. The average molecular weight is 319 g/mol. The Labute approximate surface area is 132 Å². The first-order valence-electron chi connectivity index (χ1n) is 7.16. The maximum Gasteiger partial charge on any atom is 0.416 e. The molecule has 0 saturated heterocycles. The smallest absolute Gasteiger partial charge is 0.344 e. The van der Waals surface area contributed by atoms with Crippen LogP contribution in [0.1, 0.15) is 18.1 Å². The summed E-state index contributed by atoms with van der Waals surface area (Å²) in [6.07, 6.45) is 3.39. The summed E-state index contributed by atoms with van der Waals surface area (Å²) >= 11 is 0. The van der Waals surface area contributed by atoms with Crippen molar-refractivity contribution in [2.45, 2.75) is 13.1 Å². The van der Waals surface area contributed by atoms with Crippen molar-refractivity contribution >= 4 is 11.3 Å². The van der Waals surface area contributed by atoms with Crippen molar-refractivity contribution in [1.82, 2.24) is 9.78 Å². The molecule has 1 aliphatic rings. The molecule has 1 aromatic heterocycles. The summed E-state index contributed by atoms with van der Waals surface area (Å²) in [5.74, 6) is 0. The van der Waals surface area contributed by atoms with Crippen LogP contribution in [0, 0.1) is 0 Å². The van der Waals surface area contributed by atoms with E-state index in [0.717, 1.165) is 34.5 Å². The van der Waals surface area contributed by atoms with E-state index in [1.165, 1.54) is 12.1 Å². The van der Waals surface area contributed by atoms with Crippen LogP contribution in [0.25, 0.3) is 5.57 Å². The molecule has 0 atom stereocenters. The minimum atomic E-state index is -4.31. The van der Waals surface area contributed by atoms with Crippen molar-refractivity contribution in [3.63, 3.8) is 0 Å². The number of rotatable bonds is 2. The number of hydrogen-bond acceptors (Lipinski definition) is 2. The first kappa shape index (κ1) is 15.4. The maximum absolute atomic E-state index is 12.7. The SMILES string of the molecule is CC1=CCN(c2ccc(C(F)(F)F)cc2)C=C1c1cnn(C)c1.